The highest BCUT2D eigenvalue weighted by Crippen LogP contribution is 2.17. The van der Waals surface area contributed by atoms with Gasteiger partial charge in [-0.05, 0) is 54.6 Å². The van der Waals surface area contributed by atoms with E-state index in [1.54, 1.807) is 55.6 Å². The molecule has 0 aliphatic rings. The number of carbonyl (C=O) groups excluding carboxylic acids is 2. The maximum atomic E-state index is 12.4. The van der Waals surface area contributed by atoms with E-state index in [9.17, 15) is 9.59 Å². The van der Waals surface area contributed by atoms with Crippen LogP contribution in [-0.2, 0) is 4.74 Å². The van der Waals surface area contributed by atoms with Gasteiger partial charge in [0.15, 0.2) is 0 Å². The highest BCUT2D eigenvalue weighted by atomic mass is 16.5. The van der Waals surface area contributed by atoms with Gasteiger partial charge in [-0.3, -0.25) is 4.79 Å². The van der Waals surface area contributed by atoms with Gasteiger partial charge in [0.25, 0.3) is 5.91 Å². The van der Waals surface area contributed by atoms with Crippen LogP contribution in [0.3, 0.4) is 0 Å². The van der Waals surface area contributed by atoms with Gasteiger partial charge in [-0.15, -0.1) is 0 Å². The molecule has 0 aliphatic carbocycles. The number of carbonyl (C=O) groups is 2. The van der Waals surface area contributed by atoms with Crippen molar-refractivity contribution in [1.29, 1.82) is 0 Å². The molecule has 0 unspecified atom stereocenters. The van der Waals surface area contributed by atoms with Gasteiger partial charge < -0.3 is 20.1 Å². The zero-order valence-electron chi connectivity index (χ0n) is 15.3. The fraction of sp³-hybridized carbons (Fsp3) is 0.100. The Morgan fingerprint density at radius 1 is 0.893 bits per heavy atom. The van der Waals surface area contributed by atoms with Gasteiger partial charge in [0, 0.05) is 17.6 Å². The molecule has 0 spiro atoms. The fourth-order valence-corrected chi connectivity index (χ4v) is 2.35. The van der Waals surface area contributed by atoms with Crippen LogP contribution in [0.2, 0.25) is 0 Å². The molecule has 0 atom stereocenters. The molecule has 1 aromatic heterocycles. The molecule has 0 fully saturated rings. The summed E-state index contributed by atoms with van der Waals surface area (Å²) in [6.45, 7) is 0. The highest BCUT2D eigenvalue weighted by Gasteiger charge is 2.10. The SMILES string of the molecule is COC(=O)c1ccc(Nc2nccc(C(=O)Nc3ccc(OC)cc3)n2)cc1. The van der Waals surface area contributed by atoms with Crippen LogP contribution in [0.25, 0.3) is 0 Å². The summed E-state index contributed by atoms with van der Waals surface area (Å²) in [6.07, 6.45) is 1.49. The molecule has 3 rings (SSSR count). The molecule has 142 valence electrons. The lowest BCUT2D eigenvalue weighted by Crippen LogP contribution is -2.14. The summed E-state index contributed by atoms with van der Waals surface area (Å²) in [4.78, 5) is 32.2. The second-order valence-corrected chi connectivity index (χ2v) is 5.64. The number of methoxy groups -OCH3 is 2. The first-order valence-corrected chi connectivity index (χ1v) is 8.33. The number of anilines is 3. The molecule has 3 aromatic rings. The van der Waals surface area contributed by atoms with Crippen LogP contribution >= 0.6 is 0 Å². The van der Waals surface area contributed by atoms with Crippen LogP contribution in [0.15, 0.2) is 60.8 Å². The van der Waals surface area contributed by atoms with E-state index >= 15 is 0 Å². The van der Waals surface area contributed by atoms with Gasteiger partial charge in [-0.2, -0.15) is 0 Å². The number of esters is 1. The number of amides is 1. The maximum absolute atomic E-state index is 12.4. The molecule has 2 N–H and O–H groups in total. The summed E-state index contributed by atoms with van der Waals surface area (Å²) >= 11 is 0. The van der Waals surface area contributed by atoms with Gasteiger partial charge >= 0.3 is 5.97 Å². The van der Waals surface area contributed by atoms with Crippen molar-refractivity contribution in [3.8, 4) is 5.75 Å². The Balaban J connectivity index is 1.69. The summed E-state index contributed by atoms with van der Waals surface area (Å²) in [5.74, 6) is 0.176. The van der Waals surface area contributed by atoms with E-state index in [2.05, 4.69) is 25.3 Å². The number of hydrogen-bond acceptors (Lipinski definition) is 7. The van der Waals surface area contributed by atoms with E-state index in [0.717, 1.165) is 0 Å². The average molecular weight is 378 g/mol. The van der Waals surface area contributed by atoms with Crippen molar-refractivity contribution < 1.29 is 19.1 Å². The predicted octanol–water partition coefficient (Wildman–Crippen LogP) is 3.27. The molecule has 28 heavy (non-hydrogen) atoms. The first kappa shape index (κ1) is 18.8. The van der Waals surface area contributed by atoms with E-state index in [0.29, 0.717) is 22.7 Å². The Bertz CT molecular complexity index is 972. The average Bonchev–Trinajstić information content (AvgIpc) is 2.74. The molecule has 0 bridgehead atoms. The van der Waals surface area contributed by atoms with E-state index in [1.165, 1.54) is 19.4 Å². The van der Waals surface area contributed by atoms with Crippen molar-refractivity contribution in [1.82, 2.24) is 9.97 Å². The molecule has 0 saturated carbocycles. The Kier molecular flexibility index (Phi) is 5.81. The highest BCUT2D eigenvalue weighted by molar-refractivity contribution is 6.03. The van der Waals surface area contributed by atoms with Gasteiger partial charge in [-0.25, -0.2) is 14.8 Å². The number of nitrogens with one attached hydrogen (secondary N) is 2. The molecular weight excluding hydrogens is 360 g/mol. The van der Waals surface area contributed by atoms with Gasteiger partial charge in [-0.1, -0.05) is 0 Å². The van der Waals surface area contributed by atoms with Crippen molar-refractivity contribution in [2.75, 3.05) is 24.9 Å². The van der Waals surface area contributed by atoms with Crippen LogP contribution in [0.1, 0.15) is 20.8 Å². The number of hydrogen-bond donors (Lipinski definition) is 2. The van der Waals surface area contributed by atoms with Crippen molar-refractivity contribution >= 4 is 29.2 Å². The Labute approximate surface area is 161 Å². The molecular formula is C20H18N4O4. The first-order chi connectivity index (χ1) is 13.6. The lowest BCUT2D eigenvalue weighted by atomic mass is 10.2. The minimum absolute atomic E-state index is 0.208. The molecule has 1 heterocycles. The second-order valence-electron chi connectivity index (χ2n) is 5.64. The van der Waals surface area contributed by atoms with Gasteiger partial charge in [0.2, 0.25) is 5.95 Å². The summed E-state index contributed by atoms with van der Waals surface area (Å²) in [5.41, 5.74) is 1.93. The molecule has 0 saturated heterocycles. The van der Waals surface area contributed by atoms with Crippen molar-refractivity contribution in [3.63, 3.8) is 0 Å². The first-order valence-electron chi connectivity index (χ1n) is 8.33. The standard InChI is InChI=1S/C20H18N4O4/c1-27-16-9-7-14(8-10-16)22-18(25)17-11-12-21-20(24-17)23-15-5-3-13(4-6-15)19(26)28-2/h3-12H,1-2H3,(H,22,25)(H,21,23,24). The minimum Gasteiger partial charge on any atom is -0.497 e. The predicted molar refractivity (Wildman–Crippen MR) is 104 cm³/mol. The van der Waals surface area contributed by atoms with Crippen LogP contribution in [-0.4, -0.2) is 36.1 Å². The number of nitrogens with zero attached hydrogens (tertiary/aromatic N) is 2. The number of ether oxygens (including phenoxy) is 2. The molecule has 2 aromatic carbocycles. The lowest BCUT2D eigenvalue weighted by Gasteiger charge is -2.08. The van der Waals surface area contributed by atoms with E-state index in [-0.39, 0.29) is 17.5 Å². The maximum Gasteiger partial charge on any atom is 0.337 e. The smallest absolute Gasteiger partial charge is 0.337 e. The molecule has 0 aliphatic heterocycles. The third-order valence-electron chi connectivity index (χ3n) is 3.80. The summed E-state index contributed by atoms with van der Waals surface area (Å²) in [6, 6.07) is 15.1. The lowest BCUT2D eigenvalue weighted by molar-refractivity contribution is 0.0600. The van der Waals surface area contributed by atoms with Crippen molar-refractivity contribution in [2.45, 2.75) is 0 Å². The summed E-state index contributed by atoms with van der Waals surface area (Å²) in [5, 5.41) is 5.75. The van der Waals surface area contributed by atoms with E-state index in [1.807, 2.05) is 0 Å². The Morgan fingerprint density at radius 2 is 1.57 bits per heavy atom. The number of benzene rings is 2. The molecule has 8 nitrogen and oxygen atoms in total. The second kappa shape index (κ2) is 8.63. The third-order valence-corrected chi connectivity index (χ3v) is 3.80. The van der Waals surface area contributed by atoms with E-state index in [4.69, 9.17) is 4.74 Å². The molecule has 8 heteroatoms. The summed E-state index contributed by atoms with van der Waals surface area (Å²) < 4.78 is 9.75. The monoisotopic (exact) mass is 378 g/mol. The summed E-state index contributed by atoms with van der Waals surface area (Å²) in [7, 11) is 2.90. The zero-order chi connectivity index (χ0) is 19.9. The molecule has 1 amide bonds. The topological polar surface area (TPSA) is 102 Å². The van der Waals surface area contributed by atoms with Crippen LogP contribution in [0.4, 0.5) is 17.3 Å². The normalized spacial score (nSPS) is 10.1. The van der Waals surface area contributed by atoms with Gasteiger partial charge in [0.1, 0.15) is 11.4 Å². The Morgan fingerprint density at radius 3 is 2.21 bits per heavy atom. The molecule has 0 radical (unpaired) electrons. The van der Waals surface area contributed by atoms with Crippen molar-refractivity contribution in [3.05, 3.63) is 72.1 Å². The largest absolute Gasteiger partial charge is 0.497 e. The third kappa shape index (κ3) is 4.61. The fourth-order valence-electron chi connectivity index (χ4n) is 2.35. The zero-order valence-corrected chi connectivity index (χ0v) is 15.3. The van der Waals surface area contributed by atoms with Crippen LogP contribution < -0.4 is 15.4 Å². The Hall–Kier alpha value is -3.94. The van der Waals surface area contributed by atoms with Crippen molar-refractivity contribution in [2.24, 2.45) is 0 Å². The number of rotatable bonds is 6. The quantitative estimate of drug-likeness (QED) is 0.635. The minimum atomic E-state index is -0.417. The van der Waals surface area contributed by atoms with Gasteiger partial charge in [0.05, 0.1) is 19.8 Å². The van der Waals surface area contributed by atoms with Crippen LogP contribution in [0, 0.1) is 0 Å². The van der Waals surface area contributed by atoms with E-state index < -0.39 is 5.97 Å². The number of aromatic nitrogens is 2. The van der Waals surface area contributed by atoms with Crippen LogP contribution in [0.5, 0.6) is 5.75 Å².